The van der Waals surface area contributed by atoms with Gasteiger partial charge in [0.2, 0.25) is 0 Å². The van der Waals surface area contributed by atoms with Crippen LogP contribution in [0.15, 0.2) is 29.1 Å². The third-order valence-electron chi connectivity index (χ3n) is 3.60. The van der Waals surface area contributed by atoms with E-state index >= 15 is 0 Å². The molecule has 5 heteroatoms. The zero-order chi connectivity index (χ0) is 13.8. The first-order valence-corrected chi connectivity index (χ1v) is 6.84. The molecule has 19 heavy (non-hydrogen) atoms. The molecule has 0 aliphatic rings. The van der Waals surface area contributed by atoms with Gasteiger partial charge in [0.05, 0.1) is 30.7 Å². The Balaban J connectivity index is 2.17. The zero-order valence-corrected chi connectivity index (χ0v) is 11.5. The van der Waals surface area contributed by atoms with Crippen LogP contribution in [0.2, 0.25) is 0 Å². The number of nitrogens with one attached hydrogen (secondary N) is 2. The standard InChI is InChI=1S/C14H21N3O2/c1-3-16(4-2)9-11(18)10-17-13-8-6-5-7-12(13)15-14(17)19/h5-8,11,18H,3-4,9-10H2,1-2H3,(H,15,19)/p+1/t11-/m0/s1. The van der Waals surface area contributed by atoms with E-state index in [9.17, 15) is 9.90 Å². The molecule has 0 radical (unpaired) electrons. The van der Waals surface area contributed by atoms with Gasteiger partial charge in [-0.3, -0.25) is 4.57 Å². The van der Waals surface area contributed by atoms with E-state index in [-0.39, 0.29) is 5.69 Å². The molecule has 0 bridgehead atoms. The van der Waals surface area contributed by atoms with Crippen LogP contribution in [0.1, 0.15) is 13.8 Å². The number of imidazole rings is 1. The highest BCUT2D eigenvalue weighted by Gasteiger charge is 2.15. The second kappa shape index (κ2) is 6.04. The maximum absolute atomic E-state index is 11.9. The third-order valence-corrected chi connectivity index (χ3v) is 3.60. The highest BCUT2D eigenvalue weighted by Crippen LogP contribution is 2.09. The lowest BCUT2D eigenvalue weighted by atomic mass is 10.3. The van der Waals surface area contributed by atoms with Crippen LogP contribution in [0.25, 0.3) is 11.0 Å². The van der Waals surface area contributed by atoms with Crippen molar-refractivity contribution >= 4 is 11.0 Å². The Labute approximate surface area is 112 Å². The van der Waals surface area contributed by atoms with E-state index in [0.717, 1.165) is 24.1 Å². The Hall–Kier alpha value is -1.59. The molecule has 2 rings (SSSR count). The van der Waals surface area contributed by atoms with Crippen LogP contribution in [-0.2, 0) is 6.54 Å². The van der Waals surface area contributed by atoms with Gasteiger partial charge in [0, 0.05) is 0 Å². The van der Waals surface area contributed by atoms with Crippen molar-refractivity contribution in [2.45, 2.75) is 26.5 Å². The topological polar surface area (TPSA) is 62.5 Å². The Bertz CT molecular complexity index is 584. The van der Waals surface area contributed by atoms with Gasteiger partial charge in [-0.15, -0.1) is 0 Å². The summed E-state index contributed by atoms with van der Waals surface area (Å²) >= 11 is 0. The van der Waals surface area contributed by atoms with E-state index in [1.54, 1.807) is 4.57 Å². The van der Waals surface area contributed by atoms with Crippen LogP contribution in [0.5, 0.6) is 0 Å². The largest absolute Gasteiger partial charge is 0.385 e. The van der Waals surface area contributed by atoms with E-state index in [1.807, 2.05) is 24.3 Å². The Morgan fingerprint density at radius 1 is 1.32 bits per heavy atom. The van der Waals surface area contributed by atoms with Gasteiger partial charge in [0.15, 0.2) is 0 Å². The highest BCUT2D eigenvalue weighted by atomic mass is 16.3. The summed E-state index contributed by atoms with van der Waals surface area (Å²) in [6.45, 7) is 7.17. The van der Waals surface area contributed by atoms with Crippen molar-refractivity contribution in [2.24, 2.45) is 0 Å². The molecule has 1 atom stereocenters. The van der Waals surface area contributed by atoms with Gasteiger partial charge >= 0.3 is 5.69 Å². The number of H-pyrrole nitrogens is 1. The van der Waals surface area contributed by atoms with Crippen LogP contribution in [0.4, 0.5) is 0 Å². The minimum atomic E-state index is -0.508. The molecule has 3 N–H and O–H groups in total. The average molecular weight is 264 g/mol. The van der Waals surface area contributed by atoms with Gasteiger partial charge in [-0.25, -0.2) is 4.79 Å². The van der Waals surface area contributed by atoms with Crippen molar-refractivity contribution in [3.63, 3.8) is 0 Å². The van der Waals surface area contributed by atoms with Gasteiger partial charge in [0.25, 0.3) is 0 Å². The number of likely N-dealkylation sites (N-methyl/N-ethyl adjacent to an activating group) is 1. The molecule has 0 saturated carbocycles. The van der Waals surface area contributed by atoms with Gasteiger partial charge in [-0.05, 0) is 26.0 Å². The fourth-order valence-electron chi connectivity index (χ4n) is 2.44. The minimum Gasteiger partial charge on any atom is -0.385 e. The second-order valence-corrected chi connectivity index (χ2v) is 4.87. The number of para-hydroxylation sites is 2. The molecule has 0 saturated heterocycles. The van der Waals surface area contributed by atoms with Crippen molar-refractivity contribution in [3.05, 3.63) is 34.7 Å². The number of aromatic nitrogens is 2. The molecule has 1 aromatic heterocycles. The molecule has 0 spiro atoms. The van der Waals surface area contributed by atoms with E-state index in [2.05, 4.69) is 18.8 Å². The molecule has 104 valence electrons. The normalized spacial score (nSPS) is 13.3. The lowest BCUT2D eigenvalue weighted by Gasteiger charge is -2.19. The third kappa shape index (κ3) is 3.05. The molecule has 0 aliphatic heterocycles. The number of quaternary nitrogens is 1. The van der Waals surface area contributed by atoms with Crippen LogP contribution >= 0.6 is 0 Å². The molecule has 5 nitrogen and oxygen atoms in total. The number of rotatable bonds is 6. The summed E-state index contributed by atoms with van der Waals surface area (Å²) in [6, 6.07) is 7.55. The van der Waals surface area contributed by atoms with E-state index in [0.29, 0.717) is 13.1 Å². The maximum Gasteiger partial charge on any atom is 0.326 e. The number of fused-ring (bicyclic) bond motifs is 1. The minimum absolute atomic E-state index is 0.158. The monoisotopic (exact) mass is 264 g/mol. The Morgan fingerprint density at radius 3 is 2.68 bits per heavy atom. The molecule has 1 aromatic carbocycles. The quantitative estimate of drug-likeness (QED) is 0.666. The highest BCUT2D eigenvalue weighted by molar-refractivity contribution is 5.74. The Morgan fingerprint density at radius 2 is 2.00 bits per heavy atom. The Kier molecular flexibility index (Phi) is 4.39. The summed E-state index contributed by atoms with van der Waals surface area (Å²) < 4.78 is 1.61. The lowest BCUT2D eigenvalue weighted by Crippen LogP contribution is -3.12. The molecule has 0 unspecified atom stereocenters. The van der Waals surface area contributed by atoms with E-state index < -0.39 is 6.10 Å². The van der Waals surface area contributed by atoms with Gasteiger partial charge in [0.1, 0.15) is 12.6 Å². The maximum atomic E-state index is 11.9. The van der Waals surface area contributed by atoms with Crippen LogP contribution in [0, 0.1) is 0 Å². The first-order chi connectivity index (χ1) is 9.15. The van der Waals surface area contributed by atoms with Crippen LogP contribution in [-0.4, -0.2) is 40.4 Å². The van der Waals surface area contributed by atoms with Crippen molar-refractivity contribution in [2.75, 3.05) is 19.6 Å². The van der Waals surface area contributed by atoms with Crippen molar-refractivity contribution in [3.8, 4) is 0 Å². The van der Waals surface area contributed by atoms with Crippen molar-refractivity contribution in [1.82, 2.24) is 9.55 Å². The summed E-state index contributed by atoms with van der Waals surface area (Å²) in [4.78, 5) is 16.0. The van der Waals surface area contributed by atoms with E-state index in [4.69, 9.17) is 0 Å². The molecule has 0 aliphatic carbocycles. The zero-order valence-electron chi connectivity index (χ0n) is 11.5. The first kappa shape index (κ1) is 13.8. The number of hydrogen-bond acceptors (Lipinski definition) is 2. The number of benzene rings is 1. The number of aliphatic hydroxyl groups excluding tert-OH is 1. The summed E-state index contributed by atoms with van der Waals surface area (Å²) in [5.41, 5.74) is 1.51. The fraction of sp³-hybridized carbons (Fsp3) is 0.500. The number of aromatic amines is 1. The smallest absolute Gasteiger partial charge is 0.326 e. The molecule has 0 fully saturated rings. The van der Waals surface area contributed by atoms with Crippen LogP contribution < -0.4 is 10.6 Å². The molecule has 2 aromatic rings. The van der Waals surface area contributed by atoms with E-state index in [1.165, 1.54) is 4.90 Å². The summed E-state index contributed by atoms with van der Waals surface area (Å²) in [5.74, 6) is 0. The first-order valence-electron chi connectivity index (χ1n) is 6.84. The predicted octanol–water partition coefficient (Wildman–Crippen LogP) is -0.385. The second-order valence-electron chi connectivity index (χ2n) is 4.87. The molecular formula is C14H22N3O2+. The van der Waals surface area contributed by atoms with Gasteiger partial charge < -0.3 is 15.0 Å². The number of hydrogen-bond donors (Lipinski definition) is 3. The fourth-order valence-corrected chi connectivity index (χ4v) is 2.44. The number of aliphatic hydroxyl groups is 1. The molecule has 0 amide bonds. The summed E-state index contributed by atoms with van der Waals surface area (Å²) in [6.07, 6.45) is -0.508. The molecule has 1 heterocycles. The van der Waals surface area contributed by atoms with Crippen molar-refractivity contribution < 1.29 is 10.0 Å². The lowest BCUT2D eigenvalue weighted by molar-refractivity contribution is -0.899. The van der Waals surface area contributed by atoms with Gasteiger partial charge in [-0.1, -0.05) is 12.1 Å². The van der Waals surface area contributed by atoms with Crippen LogP contribution in [0.3, 0.4) is 0 Å². The van der Waals surface area contributed by atoms with Crippen molar-refractivity contribution in [1.29, 1.82) is 0 Å². The number of nitrogens with zero attached hydrogens (tertiary/aromatic N) is 1. The summed E-state index contributed by atoms with van der Waals surface area (Å²) in [5, 5.41) is 10.1. The SMILES string of the molecule is CC[NH+](CC)C[C@H](O)Cn1c(=O)[nH]c2ccccc21. The summed E-state index contributed by atoms with van der Waals surface area (Å²) in [7, 11) is 0. The molecular weight excluding hydrogens is 242 g/mol. The average Bonchev–Trinajstić information content (AvgIpc) is 2.72. The predicted molar refractivity (Wildman–Crippen MR) is 75.5 cm³/mol. The van der Waals surface area contributed by atoms with Gasteiger partial charge in [-0.2, -0.15) is 0 Å².